The number of alkyl halides is 1. The highest BCUT2D eigenvalue weighted by Crippen LogP contribution is 2.38. The Morgan fingerprint density at radius 3 is 2.74 bits per heavy atom. The van der Waals surface area contributed by atoms with Gasteiger partial charge in [-0.1, -0.05) is 12.1 Å². The van der Waals surface area contributed by atoms with Crippen LogP contribution >= 0.6 is 38.9 Å². The number of benzene rings is 1. The molecule has 0 saturated heterocycles. The van der Waals surface area contributed by atoms with E-state index in [0.29, 0.717) is 11.9 Å². The van der Waals surface area contributed by atoms with Gasteiger partial charge in [0.05, 0.1) is 12.2 Å². The van der Waals surface area contributed by atoms with Crippen molar-refractivity contribution in [3.8, 4) is 0 Å². The third kappa shape index (κ3) is 3.15. The van der Waals surface area contributed by atoms with Crippen LogP contribution < -0.4 is 4.90 Å². The normalized spacial score (nSPS) is 14.6. The number of hydrogen-bond donors (Lipinski definition) is 0. The second kappa shape index (κ2) is 5.86. The van der Waals surface area contributed by atoms with E-state index in [0.717, 1.165) is 16.6 Å². The van der Waals surface area contributed by atoms with Crippen LogP contribution in [0, 0.1) is 0 Å². The first kappa shape index (κ1) is 13.5. The van der Waals surface area contributed by atoms with Gasteiger partial charge in [0.15, 0.2) is 0 Å². The second-order valence-corrected chi connectivity index (χ2v) is 7.01. The van der Waals surface area contributed by atoms with Crippen molar-refractivity contribution in [2.75, 3.05) is 4.90 Å². The van der Waals surface area contributed by atoms with Gasteiger partial charge in [-0.25, -0.2) is 0 Å². The predicted octanol–water partition coefficient (Wildman–Crippen LogP) is 5.42. The number of rotatable bonds is 5. The molecule has 1 aliphatic rings. The highest BCUT2D eigenvalue weighted by Gasteiger charge is 2.30. The molecular weight excluding hydrogens is 342 g/mol. The van der Waals surface area contributed by atoms with E-state index in [2.05, 4.69) is 56.5 Å². The lowest BCUT2D eigenvalue weighted by Gasteiger charge is -2.25. The molecule has 1 nitrogen and oxygen atoms in total. The van der Waals surface area contributed by atoms with Crippen molar-refractivity contribution in [2.45, 2.75) is 31.3 Å². The van der Waals surface area contributed by atoms with Gasteiger partial charge in [-0.05, 0) is 57.9 Å². The van der Waals surface area contributed by atoms with Crippen LogP contribution in [0.4, 0.5) is 5.69 Å². The molecule has 2 aromatic rings. The van der Waals surface area contributed by atoms with Crippen molar-refractivity contribution in [2.24, 2.45) is 0 Å². The lowest BCUT2D eigenvalue weighted by molar-refractivity contribution is 0.801. The van der Waals surface area contributed by atoms with Gasteiger partial charge >= 0.3 is 0 Å². The maximum absolute atomic E-state index is 5.89. The third-order valence-corrected chi connectivity index (χ3v) is 5.17. The number of thiophene rings is 1. The summed E-state index contributed by atoms with van der Waals surface area (Å²) in [5, 5.41) is 2.14. The Kier molecular flexibility index (Phi) is 4.15. The van der Waals surface area contributed by atoms with Crippen LogP contribution in [-0.4, -0.2) is 6.04 Å². The summed E-state index contributed by atoms with van der Waals surface area (Å²) in [5.41, 5.74) is 2.44. The van der Waals surface area contributed by atoms with Crippen LogP contribution in [0.1, 0.15) is 23.3 Å². The van der Waals surface area contributed by atoms with Crippen LogP contribution in [-0.2, 0) is 12.4 Å². The largest absolute Gasteiger partial charge is 0.362 e. The summed E-state index contributed by atoms with van der Waals surface area (Å²) in [6.07, 6.45) is 2.60. The average Bonchev–Trinajstić information content (AvgIpc) is 3.14. The predicted molar refractivity (Wildman–Crippen MR) is 87.2 cm³/mol. The zero-order valence-electron chi connectivity index (χ0n) is 10.5. The van der Waals surface area contributed by atoms with E-state index < -0.39 is 0 Å². The molecule has 3 rings (SSSR count). The summed E-state index contributed by atoms with van der Waals surface area (Å²) in [7, 11) is 0. The Balaban J connectivity index is 1.87. The highest BCUT2D eigenvalue weighted by molar-refractivity contribution is 9.10. The Hall–Kier alpha value is -0.510. The molecule has 1 aliphatic carbocycles. The molecule has 100 valence electrons. The van der Waals surface area contributed by atoms with Gasteiger partial charge in [0.1, 0.15) is 0 Å². The summed E-state index contributed by atoms with van der Waals surface area (Å²) in [6.45, 7) is 1.00. The molecular formula is C15H15BrClNS. The Bertz CT molecular complexity index is 551. The lowest BCUT2D eigenvalue weighted by atomic mass is 10.2. The first-order chi connectivity index (χ1) is 9.28. The molecule has 0 radical (unpaired) electrons. The summed E-state index contributed by atoms with van der Waals surface area (Å²) in [5.74, 6) is 0.563. The van der Waals surface area contributed by atoms with E-state index >= 15 is 0 Å². The van der Waals surface area contributed by atoms with Gasteiger partial charge in [-0.3, -0.25) is 0 Å². The monoisotopic (exact) mass is 355 g/mol. The molecule has 0 atom stereocenters. The van der Waals surface area contributed by atoms with Crippen molar-refractivity contribution in [3.05, 3.63) is 50.6 Å². The number of hydrogen-bond acceptors (Lipinski definition) is 2. The fourth-order valence-electron chi connectivity index (χ4n) is 2.23. The van der Waals surface area contributed by atoms with Crippen LogP contribution in [0.2, 0.25) is 0 Å². The van der Waals surface area contributed by atoms with E-state index in [-0.39, 0.29) is 0 Å². The number of nitrogens with zero attached hydrogens (tertiary/aromatic N) is 1. The van der Waals surface area contributed by atoms with Crippen LogP contribution in [0.25, 0.3) is 0 Å². The minimum absolute atomic E-state index is 0.563. The van der Waals surface area contributed by atoms with Crippen molar-refractivity contribution >= 4 is 44.6 Å². The van der Waals surface area contributed by atoms with Gasteiger partial charge in [0.2, 0.25) is 0 Å². The van der Waals surface area contributed by atoms with E-state index in [4.69, 9.17) is 11.6 Å². The second-order valence-electron chi connectivity index (χ2n) is 4.86. The summed E-state index contributed by atoms with van der Waals surface area (Å²) >= 11 is 11.4. The molecule has 0 unspecified atom stereocenters. The Morgan fingerprint density at radius 1 is 1.32 bits per heavy atom. The Morgan fingerprint density at radius 2 is 2.16 bits per heavy atom. The first-order valence-corrected chi connectivity index (χ1v) is 8.62. The van der Waals surface area contributed by atoms with Gasteiger partial charge in [-0.15, -0.1) is 22.9 Å². The topological polar surface area (TPSA) is 3.24 Å². The van der Waals surface area contributed by atoms with Crippen molar-refractivity contribution < 1.29 is 0 Å². The van der Waals surface area contributed by atoms with E-state index in [1.54, 1.807) is 0 Å². The fourth-order valence-corrected chi connectivity index (χ4v) is 3.76. The van der Waals surface area contributed by atoms with Crippen LogP contribution in [0.15, 0.2) is 40.2 Å². The summed E-state index contributed by atoms with van der Waals surface area (Å²) < 4.78 is 1.15. The molecule has 1 aromatic heterocycles. The standard InChI is InChI=1S/C15H15BrClNS/c16-14-8-11(9-17)3-6-15(14)18(12-4-5-12)10-13-2-1-7-19-13/h1-3,6-8,12H,4-5,9-10H2. The maximum atomic E-state index is 5.89. The highest BCUT2D eigenvalue weighted by atomic mass is 79.9. The first-order valence-electron chi connectivity index (χ1n) is 6.41. The van der Waals surface area contributed by atoms with E-state index in [9.17, 15) is 0 Å². The molecule has 0 amide bonds. The molecule has 1 aromatic carbocycles. The molecule has 0 spiro atoms. The number of anilines is 1. The molecule has 0 aliphatic heterocycles. The van der Waals surface area contributed by atoms with Gasteiger partial charge in [-0.2, -0.15) is 0 Å². The molecule has 0 bridgehead atoms. The van der Waals surface area contributed by atoms with Crippen molar-refractivity contribution in [3.63, 3.8) is 0 Å². The smallest absolute Gasteiger partial charge is 0.0526 e. The van der Waals surface area contributed by atoms with Gasteiger partial charge < -0.3 is 4.90 Å². The van der Waals surface area contributed by atoms with E-state index in [1.807, 2.05) is 11.3 Å². The van der Waals surface area contributed by atoms with E-state index in [1.165, 1.54) is 23.4 Å². The molecule has 1 fully saturated rings. The summed E-state index contributed by atoms with van der Waals surface area (Å²) in [6, 6.07) is 11.5. The van der Waals surface area contributed by atoms with Crippen LogP contribution in [0.3, 0.4) is 0 Å². The third-order valence-electron chi connectivity index (χ3n) is 3.37. The Labute approximate surface area is 131 Å². The molecule has 19 heavy (non-hydrogen) atoms. The minimum atomic E-state index is 0.563. The summed E-state index contributed by atoms with van der Waals surface area (Å²) in [4.78, 5) is 3.92. The lowest BCUT2D eigenvalue weighted by Crippen LogP contribution is -2.24. The minimum Gasteiger partial charge on any atom is -0.362 e. The molecule has 1 saturated carbocycles. The zero-order valence-corrected chi connectivity index (χ0v) is 13.6. The molecule has 4 heteroatoms. The molecule has 1 heterocycles. The zero-order chi connectivity index (χ0) is 13.2. The van der Waals surface area contributed by atoms with Crippen molar-refractivity contribution in [1.29, 1.82) is 0 Å². The van der Waals surface area contributed by atoms with Gasteiger partial charge in [0, 0.05) is 21.3 Å². The quantitative estimate of drug-likeness (QED) is 0.647. The SMILES string of the molecule is ClCc1ccc(N(Cc2cccs2)C2CC2)c(Br)c1. The van der Waals surface area contributed by atoms with Crippen LogP contribution in [0.5, 0.6) is 0 Å². The maximum Gasteiger partial charge on any atom is 0.0526 e. The number of halogens is 2. The molecule has 0 N–H and O–H groups in total. The van der Waals surface area contributed by atoms with Crippen molar-refractivity contribution in [1.82, 2.24) is 0 Å². The van der Waals surface area contributed by atoms with Gasteiger partial charge in [0.25, 0.3) is 0 Å². The fraction of sp³-hybridized carbons (Fsp3) is 0.333. The average molecular weight is 357 g/mol.